The van der Waals surface area contributed by atoms with E-state index in [2.05, 4.69) is 36.1 Å². The third-order valence-corrected chi connectivity index (χ3v) is 4.35. The molecule has 0 saturated heterocycles. The molecular weight excluding hydrogens is 359 g/mol. The molecule has 0 fully saturated rings. The SMILES string of the molecule is CC(Nc1ncc2ccc(=O)n(CC(C)(C)C)c2n1)c1ccc(C=O)c(F)c1. The van der Waals surface area contributed by atoms with Gasteiger partial charge in [0.2, 0.25) is 5.95 Å². The van der Waals surface area contributed by atoms with Crippen molar-refractivity contribution in [2.24, 2.45) is 5.41 Å². The van der Waals surface area contributed by atoms with Crippen LogP contribution < -0.4 is 10.9 Å². The van der Waals surface area contributed by atoms with E-state index in [4.69, 9.17) is 0 Å². The molecule has 1 aromatic carbocycles. The minimum Gasteiger partial charge on any atom is -0.348 e. The van der Waals surface area contributed by atoms with Crippen LogP contribution in [0.2, 0.25) is 0 Å². The maximum Gasteiger partial charge on any atom is 0.252 e. The standard InChI is InChI=1S/C21H23FN4O2/c1-13(14-5-6-16(11-27)17(22)9-14)24-20-23-10-15-7-8-18(28)26(19(15)25-20)12-21(2,3)4/h5-11,13H,12H2,1-4H3,(H,23,24,25). The van der Waals surface area contributed by atoms with Gasteiger partial charge in [0.15, 0.2) is 6.29 Å². The van der Waals surface area contributed by atoms with Crippen molar-refractivity contribution >= 4 is 23.3 Å². The first-order valence-corrected chi connectivity index (χ1v) is 9.06. The van der Waals surface area contributed by atoms with Gasteiger partial charge in [0.05, 0.1) is 11.6 Å². The summed E-state index contributed by atoms with van der Waals surface area (Å²) < 4.78 is 15.5. The molecule has 3 aromatic rings. The summed E-state index contributed by atoms with van der Waals surface area (Å²) in [6.07, 6.45) is 2.14. The minimum absolute atomic E-state index is 0.0177. The van der Waals surface area contributed by atoms with Gasteiger partial charge < -0.3 is 5.32 Å². The molecule has 2 aromatic heterocycles. The summed E-state index contributed by atoms with van der Waals surface area (Å²) in [7, 11) is 0. The van der Waals surface area contributed by atoms with Crippen molar-refractivity contribution in [3.63, 3.8) is 0 Å². The Morgan fingerprint density at radius 2 is 2.00 bits per heavy atom. The molecule has 0 amide bonds. The van der Waals surface area contributed by atoms with Crippen LogP contribution in [0, 0.1) is 11.2 Å². The third kappa shape index (κ3) is 4.24. The van der Waals surface area contributed by atoms with Gasteiger partial charge in [0.1, 0.15) is 11.5 Å². The number of carbonyl (C=O) groups is 1. The number of rotatable bonds is 5. The minimum atomic E-state index is -0.570. The lowest BCUT2D eigenvalue weighted by Gasteiger charge is -2.21. The van der Waals surface area contributed by atoms with Crippen LogP contribution in [0.1, 0.15) is 49.7 Å². The molecule has 1 atom stereocenters. The highest BCUT2D eigenvalue weighted by molar-refractivity contribution is 5.76. The van der Waals surface area contributed by atoms with Crippen molar-refractivity contribution in [3.8, 4) is 0 Å². The summed E-state index contributed by atoms with van der Waals surface area (Å²) in [4.78, 5) is 32.0. The van der Waals surface area contributed by atoms with Crippen molar-refractivity contribution in [2.75, 3.05) is 5.32 Å². The van der Waals surface area contributed by atoms with E-state index in [9.17, 15) is 14.0 Å². The van der Waals surface area contributed by atoms with Gasteiger partial charge in [-0.3, -0.25) is 14.2 Å². The van der Waals surface area contributed by atoms with E-state index in [-0.39, 0.29) is 22.6 Å². The zero-order valence-corrected chi connectivity index (χ0v) is 16.4. The van der Waals surface area contributed by atoms with Crippen LogP contribution in [-0.4, -0.2) is 20.8 Å². The molecule has 1 N–H and O–H groups in total. The summed E-state index contributed by atoms with van der Waals surface area (Å²) >= 11 is 0. The quantitative estimate of drug-likeness (QED) is 0.676. The highest BCUT2D eigenvalue weighted by atomic mass is 19.1. The van der Waals surface area contributed by atoms with Gasteiger partial charge >= 0.3 is 0 Å². The number of hydrogen-bond acceptors (Lipinski definition) is 5. The molecule has 6 nitrogen and oxygen atoms in total. The molecule has 0 aliphatic carbocycles. The Kier molecular flexibility index (Phi) is 5.27. The van der Waals surface area contributed by atoms with Gasteiger partial charge in [-0.15, -0.1) is 0 Å². The number of nitrogens with one attached hydrogen (secondary N) is 1. The number of carbonyl (C=O) groups excluding carboxylic acids is 1. The first kappa shape index (κ1) is 19.7. The second kappa shape index (κ2) is 7.50. The fourth-order valence-corrected chi connectivity index (χ4v) is 2.95. The fraction of sp³-hybridized carbons (Fsp3) is 0.333. The van der Waals surface area contributed by atoms with Gasteiger partial charge in [-0.2, -0.15) is 4.98 Å². The molecular formula is C21H23FN4O2. The number of fused-ring (bicyclic) bond motifs is 1. The Hall–Kier alpha value is -3.09. The number of anilines is 1. The van der Waals surface area contributed by atoms with Gasteiger partial charge in [-0.25, -0.2) is 9.37 Å². The van der Waals surface area contributed by atoms with E-state index >= 15 is 0 Å². The molecule has 0 aliphatic rings. The maximum atomic E-state index is 13.9. The summed E-state index contributed by atoms with van der Waals surface area (Å²) in [5.74, 6) is -0.229. The number of nitrogens with zero attached hydrogens (tertiary/aromatic N) is 3. The van der Waals surface area contributed by atoms with Crippen LogP contribution in [-0.2, 0) is 6.54 Å². The molecule has 7 heteroatoms. The number of hydrogen-bond donors (Lipinski definition) is 1. The monoisotopic (exact) mass is 382 g/mol. The van der Waals surface area contributed by atoms with Gasteiger partial charge in [-0.05, 0) is 36.1 Å². The Bertz CT molecular complexity index is 1090. The zero-order valence-electron chi connectivity index (χ0n) is 16.4. The summed E-state index contributed by atoms with van der Waals surface area (Å²) in [5.41, 5.74) is 1.01. The van der Waals surface area contributed by atoms with E-state index in [1.807, 2.05) is 6.92 Å². The lowest BCUT2D eigenvalue weighted by atomic mass is 9.97. The number of aldehydes is 1. The van der Waals surface area contributed by atoms with E-state index in [0.717, 1.165) is 5.39 Å². The lowest BCUT2D eigenvalue weighted by Crippen LogP contribution is -2.27. The smallest absolute Gasteiger partial charge is 0.252 e. The van der Waals surface area contributed by atoms with Crippen LogP contribution >= 0.6 is 0 Å². The molecule has 0 aliphatic heterocycles. The topological polar surface area (TPSA) is 76.9 Å². The van der Waals surface area contributed by atoms with Crippen LogP contribution in [0.3, 0.4) is 0 Å². The molecule has 3 rings (SSSR count). The summed E-state index contributed by atoms with van der Waals surface area (Å²) in [5, 5.41) is 3.90. The molecule has 146 valence electrons. The second-order valence-electron chi connectivity index (χ2n) is 8.06. The number of halogens is 1. The maximum absolute atomic E-state index is 13.9. The summed E-state index contributed by atoms with van der Waals surface area (Å²) in [6, 6.07) is 7.37. The van der Waals surface area contributed by atoms with Crippen molar-refractivity contribution in [1.29, 1.82) is 0 Å². The Morgan fingerprint density at radius 3 is 2.64 bits per heavy atom. The number of benzene rings is 1. The second-order valence-corrected chi connectivity index (χ2v) is 8.06. The highest BCUT2D eigenvalue weighted by Gasteiger charge is 2.16. The predicted molar refractivity (Wildman–Crippen MR) is 107 cm³/mol. The normalized spacial score (nSPS) is 12.8. The van der Waals surface area contributed by atoms with Crippen molar-refractivity contribution in [1.82, 2.24) is 14.5 Å². The first-order valence-electron chi connectivity index (χ1n) is 9.06. The Labute approximate surface area is 162 Å². The summed E-state index contributed by atoms with van der Waals surface area (Å²) in [6.45, 7) is 8.53. The van der Waals surface area contributed by atoms with Crippen molar-refractivity contribution < 1.29 is 9.18 Å². The third-order valence-electron chi connectivity index (χ3n) is 4.35. The molecule has 2 heterocycles. The Morgan fingerprint density at radius 1 is 1.25 bits per heavy atom. The van der Waals surface area contributed by atoms with Crippen LogP contribution in [0.25, 0.3) is 11.0 Å². The van der Waals surface area contributed by atoms with Crippen LogP contribution in [0.15, 0.2) is 41.3 Å². The van der Waals surface area contributed by atoms with E-state index < -0.39 is 5.82 Å². The van der Waals surface area contributed by atoms with E-state index in [1.54, 1.807) is 22.9 Å². The first-order chi connectivity index (χ1) is 13.2. The number of aromatic nitrogens is 3. The van der Waals surface area contributed by atoms with Crippen LogP contribution in [0.5, 0.6) is 0 Å². The molecule has 1 unspecified atom stereocenters. The predicted octanol–water partition coefficient (Wildman–Crippen LogP) is 3.96. The molecule has 28 heavy (non-hydrogen) atoms. The van der Waals surface area contributed by atoms with Gasteiger partial charge in [0.25, 0.3) is 5.56 Å². The molecule has 0 bridgehead atoms. The lowest BCUT2D eigenvalue weighted by molar-refractivity contribution is 0.112. The van der Waals surface area contributed by atoms with Crippen molar-refractivity contribution in [3.05, 3.63) is 63.8 Å². The highest BCUT2D eigenvalue weighted by Crippen LogP contribution is 2.22. The van der Waals surface area contributed by atoms with E-state index in [1.165, 1.54) is 18.2 Å². The Balaban J connectivity index is 1.95. The zero-order chi connectivity index (χ0) is 20.5. The molecule has 0 spiro atoms. The van der Waals surface area contributed by atoms with Gasteiger partial charge in [-0.1, -0.05) is 26.8 Å². The average Bonchev–Trinajstić information content (AvgIpc) is 2.63. The fourth-order valence-electron chi connectivity index (χ4n) is 2.95. The van der Waals surface area contributed by atoms with Gasteiger partial charge in [0, 0.05) is 24.2 Å². The number of pyridine rings is 1. The van der Waals surface area contributed by atoms with Crippen molar-refractivity contribution in [2.45, 2.75) is 40.3 Å². The van der Waals surface area contributed by atoms with Crippen LogP contribution in [0.4, 0.5) is 10.3 Å². The molecule has 0 saturated carbocycles. The molecule has 0 radical (unpaired) electrons. The average molecular weight is 382 g/mol. The largest absolute Gasteiger partial charge is 0.348 e. The van der Waals surface area contributed by atoms with E-state index in [0.29, 0.717) is 30.0 Å².